The zero-order valence-electron chi connectivity index (χ0n) is 14.4. The molecular formula is C20H28N2O. The Kier molecular flexibility index (Phi) is 6.33. The molecule has 3 heteroatoms. The first-order valence-electron chi connectivity index (χ1n) is 8.67. The fourth-order valence-corrected chi connectivity index (χ4v) is 2.78. The van der Waals surface area contributed by atoms with Crippen LogP contribution in [0.3, 0.4) is 0 Å². The van der Waals surface area contributed by atoms with Gasteiger partial charge in [-0.25, -0.2) is 0 Å². The summed E-state index contributed by atoms with van der Waals surface area (Å²) in [5.74, 6) is 0.0184. The maximum absolute atomic E-state index is 12.6. The largest absolute Gasteiger partial charge is 0.352 e. The van der Waals surface area contributed by atoms with Crippen molar-refractivity contribution in [3.63, 3.8) is 0 Å². The number of hydrogen-bond donors (Lipinski definition) is 1. The Morgan fingerprint density at radius 3 is 2.87 bits per heavy atom. The molecule has 1 heterocycles. The molecule has 1 N–H and O–H groups in total. The van der Waals surface area contributed by atoms with Crippen LogP contribution in [0, 0.1) is 0 Å². The lowest BCUT2D eigenvalue weighted by Gasteiger charge is -2.17. The molecule has 2 aromatic rings. The molecule has 0 bridgehead atoms. The number of nitrogens with zero attached hydrogens (tertiary/aromatic N) is 1. The zero-order chi connectivity index (χ0) is 16.7. The number of fused-ring (bicyclic) bond motifs is 2. The van der Waals surface area contributed by atoms with E-state index in [0.717, 1.165) is 60.0 Å². The van der Waals surface area contributed by atoms with Gasteiger partial charge in [0.05, 0.1) is 11.1 Å². The molecule has 0 saturated heterocycles. The fourth-order valence-electron chi connectivity index (χ4n) is 2.78. The SMILES string of the molecule is CC.CCCCNC(=O)c1c2c(nc3ccccc13)CCC=C2.[HH]. The van der Waals surface area contributed by atoms with Crippen LogP contribution in [0.5, 0.6) is 0 Å². The molecule has 0 aliphatic heterocycles. The number of amides is 1. The summed E-state index contributed by atoms with van der Waals surface area (Å²) in [5, 5.41) is 3.98. The number of aromatic nitrogens is 1. The number of rotatable bonds is 4. The number of unbranched alkanes of at least 4 members (excludes halogenated alkanes) is 1. The van der Waals surface area contributed by atoms with Crippen LogP contribution in [0.1, 0.15) is 63.1 Å². The highest BCUT2D eigenvalue weighted by atomic mass is 16.1. The summed E-state index contributed by atoms with van der Waals surface area (Å²) in [5.41, 5.74) is 3.72. The summed E-state index contributed by atoms with van der Waals surface area (Å²) in [6.07, 6.45) is 8.16. The molecule has 1 amide bonds. The van der Waals surface area contributed by atoms with Gasteiger partial charge in [-0.15, -0.1) is 0 Å². The van der Waals surface area contributed by atoms with Gasteiger partial charge in [-0.2, -0.15) is 0 Å². The summed E-state index contributed by atoms with van der Waals surface area (Å²) in [4.78, 5) is 17.4. The standard InChI is InChI=1S/C18H20N2O.C2H6.H2/c1-2-3-12-19-18(21)17-13-8-4-6-10-15(13)20-16-11-7-5-9-14(16)17;1-2;/h4-6,8-10H,2-3,7,11-12H2,1H3,(H,19,21);1-2H3;1H. The van der Waals surface area contributed by atoms with Crippen LogP contribution < -0.4 is 5.32 Å². The maximum Gasteiger partial charge on any atom is 0.252 e. The minimum absolute atomic E-state index is 0. The molecule has 3 nitrogen and oxygen atoms in total. The van der Waals surface area contributed by atoms with Gasteiger partial charge in [0.25, 0.3) is 5.91 Å². The van der Waals surface area contributed by atoms with E-state index in [0.29, 0.717) is 0 Å². The van der Waals surface area contributed by atoms with Crippen LogP contribution in [0.4, 0.5) is 0 Å². The van der Waals surface area contributed by atoms with Crippen LogP contribution >= 0.6 is 0 Å². The molecule has 0 saturated carbocycles. The summed E-state index contributed by atoms with van der Waals surface area (Å²) < 4.78 is 0. The number of benzene rings is 1. The highest BCUT2D eigenvalue weighted by molar-refractivity contribution is 6.09. The Labute approximate surface area is 140 Å². The van der Waals surface area contributed by atoms with Gasteiger partial charge in [-0.1, -0.05) is 57.5 Å². The van der Waals surface area contributed by atoms with E-state index in [4.69, 9.17) is 4.98 Å². The number of aryl methyl sites for hydroxylation is 1. The van der Waals surface area contributed by atoms with E-state index >= 15 is 0 Å². The van der Waals surface area contributed by atoms with Crippen molar-refractivity contribution in [2.45, 2.75) is 46.5 Å². The summed E-state index contributed by atoms with van der Waals surface area (Å²) in [6.45, 7) is 6.85. The fraction of sp³-hybridized carbons (Fsp3) is 0.400. The smallest absolute Gasteiger partial charge is 0.252 e. The molecule has 1 aromatic carbocycles. The van der Waals surface area contributed by atoms with Gasteiger partial charge in [-0.3, -0.25) is 9.78 Å². The van der Waals surface area contributed by atoms with Crippen LogP contribution in [0.15, 0.2) is 30.3 Å². The Bertz CT molecular complexity index is 710. The lowest BCUT2D eigenvalue weighted by molar-refractivity contribution is 0.0954. The molecule has 0 atom stereocenters. The van der Waals surface area contributed by atoms with Gasteiger partial charge in [0.15, 0.2) is 0 Å². The van der Waals surface area contributed by atoms with E-state index in [9.17, 15) is 4.79 Å². The van der Waals surface area contributed by atoms with E-state index in [1.54, 1.807) is 0 Å². The molecule has 23 heavy (non-hydrogen) atoms. The normalized spacial score (nSPS) is 12.3. The van der Waals surface area contributed by atoms with E-state index in [-0.39, 0.29) is 7.33 Å². The molecule has 0 unspecified atom stereocenters. The highest BCUT2D eigenvalue weighted by Crippen LogP contribution is 2.28. The van der Waals surface area contributed by atoms with Crippen LogP contribution in [0.2, 0.25) is 0 Å². The predicted molar refractivity (Wildman–Crippen MR) is 99.8 cm³/mol. The van der Waals surface area contributed by atoms with Crippen molar-refractivity contribution in [3.8, 4) is 0 Å². The van der Waals surface area contributed by atoms with Crippen molar-refractivity contribution in [1.82, 2.24) is 10.3 Å². The van der Waals surface area contributed by atoms with Crippen molar-refractivity contribution >= 4 is 22.9 Å². The Balaban J connectivity index is 0.000000925. The third-order valence-electron chi connectivity index (χ3n) is 3.88. The van der Waals surface area contributed by atoms with E-state index < -0.39 is 0 Å². The van der Waals surface area contributed by atoms with Gasteiger partial charge in [-0.05, 0) is 25.3 Å². The number of carbonyl (C=O) groups excluding carboxylic acids is 1. The molecule has 1 aromatic heterocycles. The van der Waals surface area contributed by atoms with Crippen LogP contribution in [-0.2, 0) is 6.42 Å². The monoisotopic (exact) mass is 312 g/mol. The number of para-hydroxylation sites is 1. The zero-order valence-corrected chi connectivity index (χ0v) is 14.4. The number of nitrogens with one attached hydrogen (secondary N) is 1. The number of allylic oxidation sites excluding steroid dienone is 1. The topological polar surface area (TPSA) is 42.0 Å². The lowest BCUT2D eigenvalue weighted by atomic mass is 9.94. The van der Waals surface area contributed by atoms with Crippen molar-refractivity contribution in [2.75, 3.05) is 6.54 Å². The molecular weight excluding hydrogens is 284 g/mol. The second-order valence-electron chi connectivity index (χ2n) is 5.41. The predicted octanol–water partition coefficient (Wildman–Crippen LogP) is 5.00. The summed E-state index contributed by atoms with van der Waals surface area (Å²) in [7, 11) is 0. The van der Waals surface area contributed by atoms with Gasteiger partial charge in [0.1, 0.15) is 0 Å². The molecule has 124 valence electrons. The third-order valence-corrected chi connectivity index (χ3v) is 3.88. The van der Waals surface area contributed by atoms with E-state index in [2.05, 4.69) is 18.3 Å². The average Bonchev–Trinajstić information content (AvgIpc) is 2.61. The quantitative estimate of drug-likeness (QED) is 0.808. The molecule has 0 fully saturated rings. The third kappa shape index (κ3) is 3.79. The van der Waals surface area contributed by atoms with Crippen molar-refractivity contribution in [1.29, 1.82) is 0 Å². The van der Waals surface area contributed by atoms with E-state index in [1.807, 2.05) is 44.2 Å². The molecule has 1 aliphatic carbocycles. The molecule has 0 spiro atoms. The molecule has 0 radical (unpaired) electrons. The first-order chi connectivity index (χ1) is 11.3. The minimum atomic E-state index is 0. The Morgan fingerprint density at radius 2 is 2.09 bits per heavy atom. The Morgan fingerprint density at radius 1 is 1.30 bits per heavy atom. The van der Waals surface area contributed by atoms with Gasteiger partial charge in [0.2, 0.25) is 0 Å². The average molecular weight is 312 g/mol. The molecule has 3 rings (SSSR count). The first kappa shape index (κ1) is 17.2. The second-order valence-corrected chi connectivity index (χ2v) is 5.41. The maximum atomic E-state index is 12.6. The lowest BCUT2D eigenvalue weighted by Crippen LogP contribution is -2.26. The van der Waals surface area contributed by atoms with Crippen LogP contribution in [0.25, 0.3) is 17.0 Å². The minimum Gasteiger partial charge on any atom is -0.352 e. The van der Waals surface area contributed by atoms with Crippen LogP contribution in [-0.4, -0.2) is 17.4 Å². The summed E-state index contributed by atoms with van der Waals surface area (Å²) in [6, 6.07) is 7.90. The van der Waals surface area contributed by atoms with Gasteiger partial charge < -0.3 is 5.32 Å². The van der Waals surface area contributed by atoms with Gasteiger partial charge >= 0.3 is 0 Å². The number of hydrogen-bond acceptors (Lipinski definition) is 2. The highest BCUT2D eigenvalue weighted by Gasteiger charge is 2.19. The summed E-state index contributed by atoms with van der Waals surface area (Å²) >= 11 is 0. The Hall–Kier alpha value is -2.16. The van der Waals surface area contributed by atoms with Crippen molar-refractivity contribution in [2.24, 2.45) is 0 Å². The van der Waals surface area contributed by atoms with Crippen molar-refractivity contribution < 1.29 is 6.22 Å². The van der Waals surface area contributed by atoms with Gasteiger partial charge in [0, 0.05) is 24.6 Å². The van der Waals surface area contributed by atoms with E-state index in [1.165, 1.54) is 0 Å². The second kappa shape index (κ2) is 8.47. The van der Waals surface area contributed by atoms with Crippen molar-refractivity contribution in [3.05, 3.63) is 47.2 Å². The number of pyridine rings is 1. The number of carbonyl (C=O) groups is 1. The molecule has 1 aliphatic rings. The first-order valence-corrected chi connectivity index (χ1v) is 8.67.